The molecular formula is C14H8Br2ClNO2. The van der Waals surface area contributed by atoms with Gasteiger partial charge in [-0.25, -0.2) is 0 Å². The zero-order valence-corrected chi connectivity index (χ0v) is 14.0. The summed E-state index contributed by atoms with van der Waals surface area (Å²) in [4.78, 5) is 13.8. The number of rotatable bonds is 1. The summed E-state index contributed by atoms with van der Waals surface area (Å²) in [5.74, 6) is 0.944. The van der Waals surface area contributed by atoms with Gasteiger partial charge in [-0.15, -0.1) is 11.6 Å². The van der Waals surface area contributed by atoms with Gasteiger partial charge in [0.05, 0.1) is 11.4 Å². The van der Waals surface area contributed by atoms with Gasteiger partial charge in [0.25, 0.3) is 0 Å². The summed E-state index contributed by atoms with van der Waals surface area (Å²) in [6.45, 7) is 0. The molecule has 0 saturated carbocycles. The lowest BCUT2D eigenvalue weighted by Crippen LogP contribution is -2.29. The number of benzene rings is 2. The highest BCUT2D eigenvalue weighted by atomic mass is 79.9. The van der Waals surface area contributed by atoms with Crippen LogP contribution < -0.4 is 9.64 Å². The summed E-state index contributed by atoms with van der Waals surface area (Å²) < 4.78 is 7.63. The maximum Gasteiger partial charge on any atom is 0.246 e. The van der Waals surface area contributed by atoms with Crippen LogP contribution in [0.2, 0.25) is 0 Å². The van der Waals surface area contributed by atoms with E-state index >= 15 is 0 Å². The number of anilines is 2. The van der Waals surface area contributed by atoms with Crippen molar-refractivity contribution in [3.05, 3.63) is 45.3 Å². The molecule has 0 unspecified atom stereocenters. The Balaban J connectivity index is 2.21. The van der Waals surface area contributed by atoms with Crippen LogP contribution in [0.1, 0.15) is 0 Å². The van der Waals surface area contributed by atoms with Gasteiger partial charge in [0.15, 0.2) is 11.5 Å². The molecule has 20 heavy (non-hydrogen) atoms. The predicted octanol–water partition coefficient (Wildman–Crippen LogP) is 5.22. The third-order valence-electron chi connectivity index (χ3n) is 2.91. The first kappa shape index (κ1) is 13.9. The van der Waals surface area contributed by atoms with E-state index in [1.807, 2.05) is 36.4 Å². The Morgan fingerprint density at radius 1 is 1.05 bits per heavy atom. The Bertz CT molecular complexity index is 654. The minimum absolute atomic E-state index is 0.0923. The first-order chi connectivity index (χ1) is 9.60. The third kappa shape index (κ3) is 2.34. The van der Waals surface area contributed by atoms with Crippen LogP contribution in [0.15, 0.2) is 45.3 Å². The quantitative estimate of drug-likeness (QED) is 0.596. The van der Waals surface area contributed by atoms with Crippen molar-refractivity contribution in [3.63, 3.8) is 0 Å². The van der Waals surface area contributed by atoms with Gasteiger partial charge < -0.3 is 4.74 Å². The number of nitrogens with zero attached hydrogens (tertiary/aromatic N) is 1. The van der Waals surface area contributed by atoms with Crippen molar-refractivity contribution < 1.29 is 9.53 Å². The number of carbonyl (C=O) groups excluding carboxylic acids is 1. The van der Waals surface area contributed by atoms with E-state index in [-0.39, 0.29) is 11.8 Å². The number of ether oxygens (including phenoxy) is 1. The maximum atomic E-state index is 12.2. The van der Waals surface area contributed by atoms with Crippen LogP contribution in [0.25, 0.3) is 0 Å². The largest absolute Gasteiger partial charge is 0.453 e. The van der Waals surface area contributed by atoms with E-state index < -0.39 is 0 Å². The molecule has 3 rings (SSSR count). The predicted molar refractivity (Wildman–Crippen MR) is 86.2 cm³/mol. The molecule has 102 valence electrons. The van der Waals surface area contributed by atoms with Gasteiger partial charge >= 0.3 is 0 Å². The van der Waals surface area contributed by atoms with Crippen LogP contribution in [0.3, 0.4) is 0 Å². The lowest BCUT2D eigenvalue weighted by molar-refractivity contribution is -0.115. The molecule has 1 amide bonds. The number of hydrogen-bond acceptors (Lipinski definition) is 2. The van der Waals surface area contributed by atoms with E-state index in [0.717, 1.165) is 8.95 Å². The molecule has 1 heterocycles. The average molecular weight is 417 g/mol. The van der Waals surface area contributed by atoms with Gasteiger partial charge in [-0.05, 0) is 36.4 Å². The number of carbonyl (C=O) groups is 1. The van der Waals surface area contributed by atoms with Crippen molar-refractivity contribution in [2.45, 2.75) is 0 Å². The molecule has 3 nitrogen and oxygen atoms in total. The van der Waals surface area contributed by atoms with Crippen LogP contribution in [0.4, 0.5) is 11.4 Å². The molecule has 1 aliphatic heterocycles. The summed E-state index contributed by atoms with van der Waals surface area (Å²) in [5, 5.41) is 0. The number of halogens is 3. The fourth-order valence-corrected chi connectivity index (χ4v) is 2.89. The molecule has 0 aliphatic carbocycles. The lowest BCUT2D eigenvalue weighted by atomic mass is 10.1. The topological polar surface area (TPSA) is 29.5 Å². The molecule has 0 radical (unpaired) electrons. The normalized spacial score (nSPS) is 12.4. The van der Waals surface area contributed by atoms with Crippen molar-refractivity contribution in [2.75, 3.05) is 10.8 Å². The van der Waals surface area contributed by atoms with Crippen molar-refractivity contribution >= 4 is 60.7 Å². The Kier molecular flexibility index (Phi) is 3.75. The SMILES string of the molecule is O=C(CCl)N1c2ccc(Br)cc2Oc2cc(Br)ccc21. The second kappa shape index (κ2) is 5.39. The lowest BCUT2D eigenvalue weighted by Gasteiger charge is -2.31. The van der Waals surface area contributed by atoms with Gasteiger partial charge in [0, 0.05) is 8.95 Å². The smallest absolute Gasteiger partial charge is 0.246 e. The van der Waals surface area contributed by atoms with E-state index in [1.165, 1.54) is 0 Å². The third-order valence-corrected chi connectivity index (χ3v) is 4.12. The van der Waals surface area contributed by atoms with Crippen LogP contribution >= 0.6 is 43.5 Å². The molecule has 2 aromatic carbocycles. The first-order valence-electron chi connectivity index (χ1n) is 5.76. The van der Waals surface area contributed by atoms with Crippen LogP contribution in [-0.2, 0) is 4.79 Å². The van der Waals surface area contributed by atoms with E-state index in [4.69, 9.17) is 16.3 Å². The molecule has 0 atom stereocenters. The highest BCUT2D eigenvalue weighted by molar-refractivity contribution is 9.10. The van der Waals surface area contributed by atoms with Crippen molar-refractivity contribution in [2.24, 2.45) is 0 Å². The highest BCUT2D eigenvalue weighted by Crippen LogP contribution is 2.48. The fourth-order valence-electron chi connectivity index (χ4n) is 2.09. The van der Waals surface area contributed by atoms with Crippen molar-refractivity contribution in [1.29, 1.82) is 0 Å². The molecule has 0 fully saturated rings. The van der Waals surface area contributed by atoms with Gasteiger partial charge in [0.1, 0.15) is 5.88 Å². The van der Waals surface area contributed by atoms with Gasteiger partial charge in [0.2, 0.25) is 5.91 Å². The van der Waals surface area contributed by atoms with Crippen LogP contribution in [0, 0.1) is 0 Å². The molecule has 0 spiro atoms. The Hall–Kier alpha value is -1.04. The van der Waals surface area contributed by atoms with E-state index in [0.29, 0.717) is 22.9 Å². The Labute approximate surface area is 137 Å². The van der Waals surface area contributed by atoms with Crippen molar-refractivity contribution in [1.82, 2.24) is 0 Å². The second-order valence-electron chi connectivity index (χ2n) is 4.19. The summed E-state index contributed by atoms with van der Waals surface area (Å²) in [6.07, 6.45) is 0. The molecule has 0 aromatic heterocycles. The van der Waals surface area contributed by atoms with Gasteiger partial charge in [-0.2, -0.15) is 0 Å². The van der Waals surface area contributed by atoms with Crippen molar-refractivity contribution in [3.8, 4) is 11.5 Å². The molecular weight excluding hydrogens is 409 g/mol. The summed E-state index contributed by atoms with van der Waals surface area (Å²) in [6, 6.07) is 11.0. The Morgan fingerprint density at radius 2 is 1.55 bits per heavy atom. The van der Waals surface area contributed by atoms with Crippen LogP contribution in [0.5, 0.6) is 11.5 Å². The van der Waals surface area contributed by atoms with E-state index in [2.05, 4.69) is 31.9 Å². The minimum atomic E-state index is -0.192. The molecule has 6 heteroatoms. The molecule has 0 N–H and O–H groups in total. The van der Waals surface area contributed by atoms with Gasteiger partial charge in [-0.3, -0.25) is 9.69 Å². The number of amides is 1. The van der Waals surface area contributed by atoms with E-state index in [9.17, 15) is 4.79 Å². The maximum absolute atomic E-state index is 12.2. The first-order valence-corrected chi connectivity index (χ1v) is 7.88. The highest BCUT2D eigenvalue weighted by Gasteiger charge is 2.28. The summed E-state index contributed by atoms with van der Waals surface area (Å²) in [7, 11) is 0. The number of hydrogen-bond donors (Lipinski definition) is 0. The number of alkyl halides is 1. The molecule has 0 saturated heterocycles. The second-order valence-corrected chi connectivity index (χ2v) is 6.29. The molecule has 1 aliphatic rings. The van der Waals surface area contributed by atoms with Gasteiger partial charge in [-0.1, -0.05) is 31.9 Å². The number of fused-ring (bicyclic) bond motifs is 2. The summed E-state index contributed by atoms with van der Waals surface area (Å²) in [5.41, 5.74) is 1.38. The summed E-state index contributed by atoms with van der Waals surface area (Å²) >= 11 is 12.5. The molecule has 0 bridgehead atoms. The zero-order chi connectivity index (χ0) is 14.3. The van der Waals surface area contributed by atoms with Crippen LogP contribution in [-0.4, -0.2) is 11.8 Å². The van der Waals surface area contributed by atoms with E-state index in [1.54, 1.807) is 4.90 Å². The zero-order valence-electron chi connectivity index (χ0n) is 10.1. The monoisotopic (exact) mass is 415 g/mol. The Morgan fingerprint density at radius 3 is 2.00 bits per heavy atom. The minimum Gasteiger partial charge on any atom is -0.453 e. The standard InChI is InChI=1S/C14H8Br2ClNO2/c15-8-1-3-10-12(5-8)20-13-6-9(16)2-4-11(13)18(10)14(19)7-17/h1-6H,7H2. The molecule has 2 aromatic rings. The average Bonchev–Trinajstić information content (AvgIpc) is 2.43. The fraction of sp³-hybridized carbons (Fsp3) is 0.0714.